The third-order valence-corrected chi connectivity index (χ3v) is 4.99. The van der Waals surface area contributed by atoms with E-state index in [-0.39, 0.29) is 17.0 Å². The van der Waals surface area contributed by atoms with Crippen LogP contribution in [0.5, 0.6) is 0 Å². The van der Waals surface area contributed by atoms with E-state index in [1.807, 2.05) is 36.7 Å². The highest BCUT2D eigenvalue weighted by Gasteiger charge is 2.26. The quantitative estimate of drug-likeness (QED) is 0.753. The fourth-order valence-corrected chi connectivity index (χ4v) is 3.43. The molecule has 3 aromatic heterocycles. The maximum atomic E-state index is 13.0. The lowest BCUT2D eigenvalue weighted by Gasteiger charge is -2.27. The number of aromatic nitrogens is 4. The normalized spacial score (nSPS) is 15.0. The Bertz CT molecular complexity index is 1080. The van der Waals surface area contributed by atoms with Crippen LogP contribution in [0.3, 0.4) is 0 Å². The molecule has 0 bridgehead atoms. The second-order valence-corrected chi connectivity index (χ2v) is 6.77. The number of carbonyl (C=O) groups excluding carboxylic acids is 1. The molecule has 0 aliphatic carbocycles. The number of carbonyl (C=O) groups is 1. The van der Waals surface area contributed by atoms with E-state index in [9.17, 15) is 14.7 Å². The van der Waals surface area contributed by atoms with E-state index in [2.05, 4.69) is 10.1 Å². The predicted molar refractivity (Wildman–Crippen MR) is 98.4 cm³/mol. The van der Waals surface area contributed by atoms with E-state index in [4.69, 9.17) is 0 Å². The van der Waals surface area contributed by atoms with E-state index < -0.39 is 6.10 Å². The zero-order valence-corrected chi connectivity index (χ0v) is 15.3. The van der Waals surface area contributed by atoms with Gasteiger partial charge in [-0.15, -0.1) is 0 Å². The second kappa shape index (κ2) is 6.62. The summed E-state index contributed by atoms with van der Waals surface area (Å²) in [6.07, 6.45) is 1.33. The summed E-state index contributed by atoms with van der Waals surface area (Å²) in [7, 11) is 0. The van der Waals surface area contributed by atoms with Gasteiger partial charge in [-0.25, -0.2) is 4.98 Å². The highest BCUT2D eigenvalue weighted by Crippen LogP contribution is 2.20. The molecule has 27 heavy (non-hydrogen) atoms. The van der Waals surface area contributed by atoms with E-state index >= 15 is 0 Å². The van der Waals surface area contributed by atoms with E-state index in [0.717, 1.165) is 11.4 Å². The molecule has 4 rings (SSSR count). The lowest BCUT2D eigenvalue weighted by molar-refractivity contribution is 0.0703. The molecule has 8 heteroatoms. The Labute approximate surface area is 155 Å². The molecule has 0 saturated heterocycles. The van der Waals surface area contributed by atoms with Gasteiger partial charge >= 0.3 is 0 Å². The fraction of sp³-hybridized carbons (Fsp3) is 0.368. The fourth-order valence-electron chi connectivity index (χ4n) is 3.43. The number of amides is 1. The van der Waals surface area contributed by atoms with Crippen molar-refractivity contribution in [1.29, 1.82) is 0 Å². The maximum absolute atomic E-state index is 13.0. The van der Waals surface area contributed by atoms with Gasteiger partial charge in [-0.2, -0.15) is 5.10 Å². The van der Waals surface area contributed by atoms with Crippen LogP contribution in [-0.4, -0.2) is 41.6 Å². The first-order chi connectivity index (χ1) is 13.0. The SMILES string of the molecule is CCC(O)c1cc2n(n1)CCN(C(=O)c1cnc3cccc(C)n3c1=O)C2. The number of pyridine rings is 1. The summed E-state index contributed by atoms with van der Waals surface area (Å²) in [5, 5.41) is 14.4. The molecule has 140 valence electrons. The zero-order chi connectivity index (χ0) is 19.1. The number of nitrogens with zero attached hydrogens (tertiary/aromatic N) is 5. The number of aliphatic hydroxyl groups is 1. The van der Waals surface area contributed by atoms with Crippen molar-refractivity contribution in [2.45, 2.75) is 39.5 Å². The first-order valence-electron chi connectivity index (χ1n) is 9.01. The minimum Gasteiger partial charge on any atom is -0.387 e. The molecule has 0 spiro atoms. The number of rotatable bonds is 3. The monoisotopic (exact) mass is 367 g/mol. The summed E-state index contributed by atoms with van der Waals surface area (Å²) in [5.74, 6) is -0.338. The molecule has 1 amide bonds. The summed E-state index contributed by atoms with van der Waals surface area (Å²) in [4.78, 5) is 31.7. The van der Waals surface area contributed by atoms with Crippen LogP contribution in [0.25, 0.3) is 5.65 Å². The minimum atomic E-state index is -0.607. The average molecular weight is 367 g/mol. The molecule has 0 fully saturated rings. The number of aryl methyl sites for hydroxylation is 1. The van der Waals surface area contributed by atoms with Crippen LogP contribution in [0.1, 0.15) is 46.9 Å². The van der Waals surface area contributed by atoms with Crippen molar-refractivity contribution in [1.82, 2.24) is 24.1 Å². The Morgan fingerprint density at radius 2 is 2.15 bits per heavy atom. The van der Waals surface area contributed by atoms with Crippen molar-refractivity contribution in [2.24, 2.45) is 0 Å². The largest absolute Gasteiger partial charge is 0.387 e. The van der Waals surface area contributed by atoms with Crippen molar-refractivity contribution in [3.8, 4) is 0 Å². The van der Waals surface area contributed by atoms with Gasteiger partial charge in [0.1, 0.15) is 11.2 Å². The highest BCUT2D eigenvalue weighted by molar-refractivity contribution is 5.93. The summed E-state index contributed by atoms with van der Waals surface area (Å²) in [5.41, 5.74) is 2.42. The predicted octanol–water partition coefficient (Wildman–Crippen LogP) is 1.30. The molecule has 1 unspecified atom stereocenters. The van der Waals surface area contributed by atoms with E-state index in [1.54, 1.807) is 11.0 Å². The third kappa shape index (κ3) is 2.91. The summed E-state index contributed by atoms with van der Waals surface area (Å²) in [6, 6.07) is 7.20. The number of aliphatic hydroxyl groups excluding tert-OH is 1. The van der Waals surface area contributed by atoms with Crippen molar-refractivity contribution in [3.63, 3.8) is 0 Å². The van der Waals surface area contributed by atoms with Crippen molar-refractivity contribution in [3.05, 3.63) is 63.5 Å². The lowest BCUT2D eigenvalue weighted by atomic mass is 10.2. The number of hydrogen-bond donors (Lipinski definition) is 1. The van der Waals surface area contributed by atoms with Crippen LogP contribution >= 0.6 is 0 Å². The van der Waals surface area contributed by atoms with Crippen LogP contribution in [-0.2, 0) is 13.1 Å². The minimum absolute atomic E-state index is 0.0589. The van der Waals surface area contributed by atoms with Gasteiger partial charge in [0.2, 0.25) is 0 Å². The van der Waals surface area contributed by atoms with Crippen LogP contribution in [0.15, 0.2) is 35.3 Å². The second-order valence-electron chi connectivity index (χ2n) is 6.77. The van der Waals surface area contributed by atoms with Crippen LogP contribution in [0.2, 0.25) is 0 Å². The molecule has 1 aliphatic rings. The molecular weight excluding hydrogens is 346 g/mol. The number of hydrogen-bond acceptors (Lipinski definition) is 5. The first-order valence-corrected chi connectivity index (χ1v) is 9.01. The maximum Gasteiger partial charge on any atom is 0.270 e. The van der Waals surface area contributed by atoms with Crippen LogP contribution < -0.4 is 5.56 Å². The van der Waals surface area contributed by atoms with E-state index in [1.165, 1.54) is 10.6 Å². The summed E-state index contributed by atoms with van der Waals surface area (Å²) in [6.45, 7) is 5.02. The molecule has 1 N–H and O–H groups in total. The Balaban J connectivity index is 1.65. The standard InChI is InChI=1S/C19H21N5O3/c1-3-16(25)15-9-13-11-22(7-8-23(13)21-15)18(26)14-10-20-17-6-4-5-12(2)24(17)19(14)27/h4-6,9-10,16,25H,3,7-8,11H2,1-2H3. The van der Waals surface area contributed by atoms with Gasteiger partial charge in [0, 0.05) is 18.4 Å². The molecular formula is C19H21N5O3. The van der Waals surface area contributed by atoms with Crippen molar-refractivity contribution in [2.75, 3.05) is 6.54 Å². The van der Waals surface area contributed by atoms with Gasteiger partial charge in [0.05, 0.1) is 30.6 Å². The number of fused-ring (bicyclic) bond motifs is 2. The molecule has 1 aliphatic heterocycles. The first kappa shape index (κ1) is 17.4. The Morgan fingerprint density at radius 1 is 1.33 bits per heavy atom. The smallest absolute Gasteiger partial charge is 0.270 e. The third-order valence-electron chi connectivity index (χ3n) is 4.99. The molecule has 1 atom stereocenters. The molecule has 3 aromatic rings. The molecule has 0 saturated carbocycles. The zero-order valence-electron chi connectivity index (χ0n) is 15.3. The summed E-state index contributed by atoms with van der Waals surface area (Å²) >= 11 is 0. The van der Waals surface area contributed by atoms with Crippen molar-refractivity contribution >= 4 is 11.6 Å². The van der Waals surface area contributed by atoms with Gasteiger partial charge in [-0.05, 0) is 31.5 Å². The van der Waals surface area contributed by atoms with Gasteiger partial charge < -0.3 is 10.0 Å². The molecule has 4 heterocycles. The van der Waals surface area contributed by atoms with Gasteiger partial charge in [0.25, 0.3) is 11.5 Å². The molecule has 8 nitrogen and oxygen atoms in total. The topological polar surface area (TPSA) is 92.7 Å². The Hall–Kier alpha value is -3.00. The molecule has 0 aromatic carbocycles. The Kier molecular flexibility index (Phi) is 4.27. The Morgan fingerprint density at radius 3 is 2.93 bits per heavy atom. The van der Waals surface area contributed by atoms with Crippen LogP contribution in [0, 0.1) is 6.92 Å². The van der Waals surface area contributed by atoms with Gasteiger partial charge in [-0.3, -0.25) is 18.7 Å². The van der Waals surface area contributed by atoms with Gasteiger partial charge in [0.15, 0.2) is 0 Å². The van der Waals surface area contributed by atoms with Crippen LogP contribution in [0.4, 0.5) is 0 Å². The average Bonchev–Trinajstić information content (AvgIpc) is 3.10. The van der Waals surface area contributed by atoms with Crippen molar-refractivity contribution < 1.29 is 9.90 Å². The van der Waals surface area contributed by atoms with Gasteiger partial charge in [-0.1, -0.05) is 13.0 Å². The lowest BCUT2D eigenvalue weighted by Crippen LogP contribution is -2.41. The molecule has 0 radical (unpaired) electrons. The highest BCUT2D eigenvalue weighted by atomic mass is 16.3. The van der Waals surface area contributed by atoms with E-state index in [0.29, 0.717) is 37.4 Å². The summed E-state index contributed by atoms with van der Waals surface area (Å²) < 4.78 is 3.27.